The number of carbonyl (C=O) groups is 1. The number of benzene rings is 1. The molecule has 6 heteroatoms. The standard InChI is InChI=1S/C12H13NO2S.C10H15NO.C2H6/c1-8-2-4-9(5-3-8)10-6-7-11(16-10)12(14)13-15;12-9-8-11-7-6-10-4-2-1-3-5-10;1-2/h2-4,6-7,9,15H,5H2,1H3,(H,13,14);1-5,11-12H,6-9H2;1-2H3. The normalized spacial score (nSPS) is 14.6. The number of rotatable bonds is 7. The van der Waals surface area contributed by atoms with Crippen LogP contribution < -0.4 is 10.8 Å². The van der Waals surface area contributed by atoms with E-state index in [9.17, 15) is 4.79 Å². The molecule has 4 N–H and O–H groups in total. The highest BCUT2D eigenvalue weighted by molar-refractivity contribution is 7.14. The predicted molar refractivity (Wildman–Crippen MR) is 125 cm³/mol. The van der Waals surface area contributed by atoms with Crippen LogP contribution in [0.15, 0.2) is 66.3 Å². The zero-order valence-electron chi connectivity index (χ0n) is 18.1. The van der Waals surface area contributed by atoms with Crippen LogP contribution in [0.5, 0.6) is 0 Å². The number of allylic oxidation sites excluding steroid dienone is 4. The van der Waals surface area contributed by atoms with E-state index in [-0.39, 0.29) is 6.61 Å². The summed E-state index contributed by atoms with van der Waals surface area (Å²) >= 11 is 1.42. The summed E-state index contributed by atoms with van der Waals surface area (Å²) in [6, 6.07) is 14.0. The third-order valence-electron chi connectivity index (χ3n) is 4.32. The van der Waals surface area contributed by atoms with E-state index in [1.807, 2.05) is 38.1 Å². The zero-order chi connectivity index (χ0) is 22.2. The molecule has 3 rings (SSSR count). The molecule has 0 saturated heterocycles. The van der Waals surface area contributed by atoms with Gasteiger partial charge in [-0.05, 0) is 44.0 Å². The number of amides is 1. The molecule has 1 amide bonds. The van der Waals surface area contributed by atoms with Crippen molar-refractivity contribution >= 4 is 17.2 Å². The smallest absolute Gasteiger partial charge is 0.284 e. The van der Waals surface area contributed by atoms with Crippen molar-refractivity contribution in [3.63, 3.8) is 0 Å². The van der Waals surface area contributed by atoms with Crippen LogP contribution >= 0.6 is 11.3 Å². The zero-order valence-corrected chi connectivity index (χ0v) is 18.9. The predicted octanol–water partition coefficient (Wildman–Crippen LogP) is 4.69. The lowest BCUT2D eigenvalue weighted by Crippen LogP contribution is -2.20. The summed E-state index contributed by atoms with van der Waals surface area (Å²) in [6.07, 6.45) is 8.45. The molecule has 1 aliphatic carbocycles. The van der Waals surface area contributed by atoms with Gasteiger partial charge in [0, 0.05) is 17.3 Å². The lowest BCUT2D eigenvalue weighted by molar-refractivity contribution is 0.0711. The second-order valence-electron chi connectivity index (χ2n) is 6.50. The van der Waals surface area contributed by atoms with Gasteiger partial charge in [0.2, 0.25) is 0 Å². The van der Waals surface area contributed by atoms with Gasteiger partial charge in [-0.3, -0.25) is 10.0 Å². The SMILES string of the molecule is CC.CC1=CCC(c2ccc(C(=O)NO)s2)C=C1.OCCNCCc1ccccc1. The van der Waals surface area contributed by atoms with Gasteiger partial charge >= 0.3 is 0 Å². The first-order chi connectivity index (χ1) is 14.6. The maximum atomic E-state index is 11.2. The summed E-state index contributed by atoms with van der Waals surface area (Å²) in [5.41, 5.74) is 4.26. The van der Waals surface area contributed by atoms with Gasteiger partial charge in [-0.1, -0.05) is 68.0 Å². The molecular weight excluding hydrogens is 396 g/mol. The fourth-order valence-corrected chi connectivity index (χ4v) is 3.74. The van der Waals surface area contributed by atoms with Crippen LogP contribution in [0.25, 0.3) is 0 Å². The van der Waals surface area contributed by atoms with Gasteiger partial charge in [0.25, 0.3) is 5.91 Å². The van der Waals surface area contributed by atoms with E-state index in [1.165, 1.54) is 22.5 Å². The van der Waals surface area contributed by atoms with Crippen molar-refractivity contribution in [2.45, 2.75) is 39.5 Å². The van der Waals surface area contributed by atoms with Crippen LogP contribution in [0, 0.1) is 0 Å². The molecule has 0 spiro atoms. The fraction of sp³-hybridized carbons (Fsp3) is 0.375. The number of hydrogen-bond donors (Lipinski definition) is 4. The molecule has 0 bridgehead atoms. The van der Waals surface area contributed by atoms with Gasteiger partial charge in [0.1, 0.15) is 0 Å². The van der Waals surface area contributed by atoms with E-state index in [1.54, 1.807) is 11.5 Å². The van der Waals surface area contributed by atoms with Gasteiger partial charge < -0.3 is 10.4 Å². The second-order valence-corrected chi connectivity index (χ2v) is 7.62. The van der Waals surface area contributed by atoms with Crippen LogP contribution in [-0.2, 0) is 6.42 Å². The number of nitrogens with one attached hydrogen (secondary N) is 2. The lowest BCUT2D eigenvalue weighted by Gasteiger charge is -2.12. The van der Waals surface area contributed by atoms with Gasteiger partial charge in [0.05, 0.1) is 11.5 Å². The number of hydrogen-bond acceptors (Lipinski definition) is 5. The topological polar surface area (TPSA) is 81.6 Å². The Morgan fingerprint density at radius 1 is 1.13 bits per heavy atom. The maximum Gasteiger partial charge on any atom is 0.284 e. The molecule has 2 aromatic rings. The Labute approximate surface area is 184 Å². The molecule has 0 aliphatic heterocycles. The van der Waals surface area contributed by atoms with E-state index >= 15 is 0 Å². The largest absolute Gasteiger partial charge is 0.395 e. The average molecular weight is 431 g/mol. The number of hydroxylamine groups is 1. The number of carbonyl (C=O) groups excluding carboxylic acids is 1. The maximum absolute atomic E-state index is 11.2. The van der Waals surface area contributed by atoms with Gasteiger partial charge in [-0.15, -0.1) is 11.3 Å². The van der Waals surface area contributed by atoms with Crippen LogP contribution in [-0.4, -0.2) is 35.9 Å². The van der Waals surface area contributed by atoms with Crippen molar-refractivity contribution in [1.82, 2.24) is 10.8 Å². The number of aliphatic hydroxyl groups is 1. The Balaban J connectivity index is 0.000000287. The Kier molecular flexibility index (Phi) is 13.4. The average Bonchev–Trinajstić information content (AvgIpc) is 3.30. The third-order valence-corrected chi connectivity index (χ3v) is 5.54. The summed E-state index contributed by atoms with van der Waals surface area (Å²) in [6.45, 7) is 7.91. The minimum absolute atomic E-state index is 0.217. The van der Waals surface area contributed by atoms with Crippen LogP contribution in [0.3, 0.4) is 0 Å². The van der Waals surface area contributed by atoms with E-state index in [0.29, 0.717) is 17.3 Å². The molecule has 164 valence electrons. The van der Waals surface area contributed by atoms with Crippen LogP contribution in [0.1, 0.15) is 53.2 Å². The van der Waals surface area contributed by atoms with Crippen molar-refractivity contribution in [1.29, 1.82) is 0 Å². The quantitative estimate of drug-likeness (QED) is 0.292. The van der Waals surface area contributed by atoms with Crippen molar-refractivity contribution in [2.75, 3.05) is 19.7 Å². The van der Waals surface area contributed by atoms with Crippen molar-refractivity contribution in [2.24, 2.45) is 0 Å². The van der Waals surface area contributed by atoms with Crippen LogP contribution in [0.2, 0.25) is 0 Å². The summed E-state index contributed by atoms with van der Waals surface area (Å²) in [4.78, 5) is 12.9. The lowest BCUT2D eigenvalue weighted by atomic mass is 9.96. The third kappa shape index (κ3) is 9.50. The highest BCUT2D eigenvalue weighted by Gasteiger charge is 2.15. The first-order valence-electron chi connectivity index (χ1n) is 10.4. The Hall–Kier alpha value is -2.25. The molecule has 1 aromatic carbocycles. The molecule has 0 radical (unpaired) electrons. The highest BCUT2D eigenvalue weighted by Crippen LogP contribution is 2.31. The molecule has 1 heterocycles. The molecule has 1 atom stereocenters. The molecule has 1 aliphatic rings. The van der Waals surface area contributed by atoms with Gasteiger partial charge in [-0.25, -0.2) is 5.48 Å². The Morgan fingerprint density at radius 2 is 1.87 bits per heavy atom. The summed E-state index contributed by atoms with van der Waals surface area (Å²) < 4.78 is 0. The minimum atomic E-state index is -0.442. The van der Waals surface area contributed by atoms with Crippen molar-refractivity contribution in [3.8, 4) is 0 Å². The molecular formula is C24H34N2O3S. The number of thiophene rings is 1. The van der Waals surface area contributed by atoms with E-state index in [4.69, 9.17) is 10.3 Å². The highest BCUT2D eigenvalue weighted by atomic mass is 32.1. The van der Waals surface area contributed by atoms with Gasteiger partial charge in [-0.2, -0.15) is 0 Å². The Bertz CT molecular complexity index is 785. The summed E-state index contributed by atoms with van der Waals surface area (Å²) in [7, 11) is 0. The monoisotopic (exact) mass is 430 g/mol. The van der Waals surface area contributed by atoms with E-state index in [0.717, 1.165) is 24.3 Å². The molecule has 0 fully saturated rings. The van der Waals surface area contributed by atoms with Crippen molar-refractivity contribution in [3.05, 3.63) is 81.6 Å². The van der Waals surface area contributed by atoms with Crippen LogP contribution in [0.4, 0.5) is 0 Å². The minimum Gasteiger partial charge on any atom is -0.395 e. The second kappa shape index (κ2) is 15.6. The molecule has 30 heavy (non-hydrogen) atoms. The fourth-order valence-electron chi connectivity index (χ4n) is 2.75. The molecule has 5 nitrogen and oxygen atoms in total. The first-order valence-corrected chi connectivity index (χ1v) is 11.2. The summed E-state index contributed by atoms with van der Waals surface area (Å²) in [5.74, 6) is -0.0864. The van der Waals surface area contributed by atoms with E-state index in [2.05, 4.69) is 42.6 Å². The van der Waals surface area contributed by atoms with E-state index < -0.39 is 5.91 Å². The first kappa shape index (κ1) is 25.8. The molecule has 0 saturated carbocycles. The van der Waals surface area contributed by atoms with Crippen molar-refractivity contribution < 1.29 is 15.1 Å². The summed E-state index contributed by atoms with van der Waals surface area (Å²) in [5, 5.41) is 20.2. The Morgan fingerprint density at radius 3 is 2.47 bits per heavy atom. The van der Waals surface area contributed by atoms with Gasteiger partial charge in [0.15, 0.2) is 0 Å². The molecule has 1 unspecified atom stereocenters. The molecule has 1 aromatic heterocycles. The number of aliphatic hydroxyl groups excluding tert-OH is 1.